The minimum absolute atomic E-state index is 0.0596. The van der Waals surface area contributed by atoms with E-state index in [1.54, 1.807) is 0 Å². The van der Waals surface area contributed by atoms with Crippen LogP contribution in [0.3, 0.4) is 0 Å². The average molecular weight is 394 g/mol. The highest BCUT2D eigenvalue weighted by atomic mass is 32.2. The van der Waals surface area contributed by atoms with Crippen molar-refractivity contribution < 1.29 is 4.79 Å². The largest absolute Gasteiger partial charge is 0.325 e. The summed E-state index contributed by atoms with van der Waals surface area (Å²) in [6.45, 7) is 0. The van der Waals surface area contributed by atoms with E-state index in [4.69, 9.17) is 0 Å². The molecule has 2 aromatic carbocycles. The quantitative estimate of drug-likeness (QED) is 0.621. The minimum Gasteiger partial charge on any atom is -0.325 e. The van der Waals surface area contributed by atoms with Crippen molar-refractivity contribution in [2.24, 2.45) is 0 Å². The molecule has 1 fully saturated rings. The van der Waals surface area contributed by atoms with Crippen molar-refractivity contribution in [2.75, 3.05) is 11.1 Å². The van der Waals surface area contributed by atoms with Crippen LogP contribution in [0.4, 0.5) is 5.69 Å². The first-order chi connectivity index (χ1) is 13.8. The number of aromatic nitrogens is 4. The number of hydrogen-bond acceptors (Lipinski definition) is 5. The number of nitrogens with one attached hydrogen (secondary N) is 1. The van der Waals surface area contributed by atoms with Gasteiger partial charge in [-0.05, 0) is 46.5 Å². The lowest BCUT2D eigenvalue weighted by Crippen LogP contribution is -2.17. The number of carbonyl (C=O) groups excluding carboxylic acids is 1. The zero-order valence-corrected chi connectivity index (χ0v) is 16.4. The highest BCUT2D eigenvalue weighted by Crippen LogP contribution is 2.30. The third kappa shape index (κ3) is 4.59. The number of carbonyl (C=O) groups is 1. The van der Waals surface area contributed by atoms with Crippen LogP contribution >= 0.6 is 11.8 Å². The zero-order valence-electron chi connectivity index (χ0n) is 15.6. The number of anilines is 1. The maximum Gasteiger partial charge on any atom is 0.234 e. The molecule has 1 heterocycles. The Morgan fingerprint density at radius 1 is 1.00 bits per heavy atom. The van der Waals surface area contributed by atoms with Gasteiger partial charge >= 0.3 is 0 Å². The van der Waals surface area contributed by atoms with E-state index in [2.05, 4.69) is 33.0 Å². The lowest BCUT2D eigenvalue weighted by molar-refractivity contribution is -0.113. The second kappa shape index (κ2) is 9.01. The summed E-state index contributed by atoms with van der Waals surface area (Å²) in [5.41, 5.74) is 3.07. The van der Waals surface area contributed by atoms with Gasteiger partial charge in [-0.25, -0.2) is 4.68 Å². The Bertz CT molecular complexity index is 904. The molecule has 1 aliphatic rings. The fraction of sp³-hybridized carbons (Fsp3) is 0.333. The number of amides is 1. The predicted octanol–water partition coefficient (Wildman–Crippen LogP) is 4.58. The van der Waals surface area contributed by atoms with Gasteiger partial charge in [-0.3, -0.25) is 4.79 Å². The first-order valence-electron chi connectivity index (χ1n) is 9.65. The maximum atomic E-state index is 12.3. The second-order valence-electron chi connectivity index (χ2n) is 6.98. The van der Waals surface area contributed by atoms with Gasteiger partial charge in [0.2, 0.25) is 11.1 Å². The molecule has 0 atom stereocenters. The van der Waals surface area contributed by atoms with Crippen molar-refractivity contribution in [1.82, 2.24) is 20.2 Å². The third-order valence-corrected chi connectivity index (χ3v) is 5.92. The number of hydrogen-bond donors (Lipinski definition) is 1. The summed E-state index contributed by atoms with van der Waals surface area (Å²) in [5.74, 6) is 0.226. The molecule has 1 N–H and O–H groups in total. The Kier molecular flexibility index (Phi) is 6.01. The van der Waals surface area contributed by atoms with Crippen LogP contribution in [0.2, 0.25) is 0 Å². The van der Waals surface area contributed by atoms with Crippen LogP contribution in [0.5, 0.6) is 0 Å². The van der Waals surface area contributed by atoms with E-state index in [-0.39, 0.29) is 11.7 Å². The van der Waals surface area contributed by atoms with Crippen LogP contribution < -0.4 is 5.32 Å². The number of nitrogens with zero attached hydrogens (tertiary/aromatic N) is 4. The molecular weight excluding hydrogens is 370 g/mol. The van der Waals surface area contributed by atoms with Gasteiger partial charge in [0, 0.05) is 5.69 Å². The van der Waals surface area contributed by atoms with E-state index >= 15 is 0 Å². The van der Waals surface area contributed by atoms with Gasteiger partial charge in [-0.15, -0.1) is 5.10 Å². The van der Waals surface area contributed by atoms with E-state index < -0.39 is 0 Å². The molecule has 1 saturated carbocycles. The average Bonchev–Trinajstić information content (AvgIpc) is 3.23. The van der Waals surface area contributed by atoms with Gasteiger partial charge in [-0.2, -0.15) is 0 Å². The molecule has 7 heteroatoms. The van der Waals surface area contributed by atoms with E-state index in [9.17, 15) is 4.79 Å². The van der Waals surface area contributed by atoms with E-state index in [1.807, 2.05) is 47.1 Å². The van der Waals surface area contributed by atoms with Gasteiger partial charge in [0.1, 0.15) is 0 Å². The first kappa shape index (κ1) is 18.7. The molecule has 0 spiro atoms. The molecule has 1 amide bonds. The smallest absolute Gasteiger partial charge is 0.234 e. The summed E-state index contributed by atoms with van der Waals surface area (Å²) >= 11 is 1.39. The van der Waals surface area contributed by atoms with Crippen molar-refractivity contribution in [3.05, 3.63) is 54.6 Å². The highest BCUT2D eigenvalue weighted by molar-refractivity contribution is 7.99. The molecule has 0 unspecified atom stereocenters. The Hall–Kier alpha value is -2.67. The van der Waals surface area contributed by atoms with E-state index in [0.717, 1.165) is 34.8 Å². The molecule has 6 nitrogen and oxygen atoms in total. The van der Waals surface area contributed by atoms with Crippen molar-refractivity contribution >= 4 is 23.4 Å². The molecule has 1 aliphatic carbocycles. The topological polar surface area (TPSA) is 72.7 Å². The fourth-order valence-electron chi connectivity index (χ4n) is 3.54. The predicted molar refractivity (Wildman–Crippen MR) is 111 cm³/mol. The number of thioether (sulfide) groups is 1. The molecule has 1 aromatic heterocycles. The Labute approximate surface area is 168 Å². The third-order valence-electron chi connectivity index (χ3n) is 4.99. The number of rotatable bonds is 6. The van der Waals surface area contributed by atoms with Crippen LogP contribution in [0, 0.1) is 0 Å². The Balaban J connectivity index is 1.32. The summed E-state index contributed by atoms with van der Waals surface area (Å²) in [6, 6.07) is 18.4. The summed E-state index contributed by atoms with van der Waals surface area (Å²) in [5, 5.41) is 15.7. The van der Waals surface area contributed by atoms with Crippen molar-refractivity contribution in [3.8, 4) is 11.1 Å². The summed E-state index contributed by atoms with van der Waals surface area (Å²) in [4.78, 5) is 12.3. The van der Waals surface area contributed by atoms with E-state index in [1.165, 1.54) is 31.0 Å². The first-order valence-corrected chi connectivity index (χ1v) is 10.6. The molecule has 0 aliphatic heterocycles. The molecule has 0 bridgehead atoms. The zero-order chi connectivity index (χ0) is 19.2. The normalized spacial score (nSPS) is 14.7. The van der Waals surface area contributed by atoms with Crippen LogP contribution in [0.15, 0.2) is 59.8 Å². The number of tetrazole rings is 1. The van der Waals surface area contributed by atoms with Crippen LogP contribution in [0.1, 0.15) is 38.1 Å². The van der Waals surface area contributed by atoms with Gasteiger partial charge < -0.3 is 5.32 Å². The molecule has 4 rings (SSSR count). The fourth-order valence-corrected chi connectivity index (χ4v) is 4.28. The standard InChI is InChI=1S/C21H23N5OS/c27-20(15-28-21-23-24-25-26(21)19-9-5-2-6-10-19)22-18-13-11-17(12-14-18)16-7-3-1-4-8-16/h1,3-4,7-8,11-14,19H,2,5-6,9-10,15H2,(H,22,27). The molecule has 0 radical (unpaired) electrons. The van der Waals surface area contributed by atoms with Gasteiger partial charge in [0.15, 0.2) is 0 Å². The van der Waals surface area contributed by atoms with Crippen molar-refractivity contribution in [2.45, 2.75) is 43.3 Å². The van der Waals surface area contributed by atoms with Gasteiger partial charge in [0.25, 0.3) is 0 Å². The van der Waals surface area contributed by atoms with Gasteiger partial charge in [0.05, 0.1) is 11.8 Å². The summed E-state index contributed by atoms with van der Waals surface area (Å²) in [7, 11) is 0. The molecule has 28 heavy (non-hydrogen) atoms. The van der Waals surface area contributed by atoms with Crippen molar-refractivity contribution in [1.29, 1.82) is 0 Å². The second-order valence-corrected chi connectivity index (χ2v) is 7.92. The molecule has 3 aromatic rings. The van der Waals surface area contributed by atoms with Crippen LogP contribution in [0.25, 0.3) is 11.1 Å². The molecule has 144 valence electrons. The lowest BCUT2D eigenvalue weighted by atomic mass is 9.96. The maximum absolute atomic E-state index is 12.3. The molecule has 0 saturated heterocycles. The lowest BCUT2D eigenvalue weighted by Gasteiger charge is -2.21. The minimum atomic E-state index is -0.0596. The van der Waals surface area contributed by atoms with E-state index in [0.29, 0.717) is 6.04 Å². The number of benzene rings is 2. The van der Waals surface area contributed by atoms with Crippen LogP contribution in [-0.2, 0) is 4.79 Å². The van der Waals surface area contributed by atoms with Crippen molar-refractivity contribution in [3.63, 3.8) is 0 Å². The highest BCUT2D eigenvalue weighted by Gasteiger charge is 2.20. The SMILES string of the molecule is O=C(CSc1nnnn1C1CCCCC1)Nc1ccc(-c2ccccc2)cc1. The monoisotopic (exact) mass is 393 g/mol. The Morgan fingerprint density at radius 3 is 2.46 bits per heavy atom. The van der Waals surface area contributed by atoms with Crippen LogP contribution in [-0.4, -0.2) is 31.9 Å². The Morgan fingerprint density at radius 2 is 1.71 bits per heavy atom. The summed E-state index contributed by atoms with van der Waals surface area (Å²) < 4.78 is 1.89. The molecular formula is C21H23N5OS. The van der Waals surface area contributed by atoms with Gasteiger partial charge in [-0.1, -0.05) is 73.5 Å². The summed E-state index contributed by atoms with van der Waals surface area (Å²) in [6.07, 6.45) is 5.94.